The molecule has 1 N–H and O–H groups in total. The fourth-order valence-electron chi connectivity index (χ4n) is 3.97. The molecule has 2 atom stereocenters. The number of sulfone groups is 1. The van der Waals surface area contributed by atoms with Crippen LogP contribution in [0.25, 0.3) is 0 Å². The maximum Gasteiger partial charge on any atom is 0.229 e. The van der Waals surface area contributed by atoms with Gasteiger partial charge in [0.1, 0.15) is 5.25 Å². The van der Waals surface area contributed by atoms with Crippen molar-refractivity contribution in [2.24, 2.45) is 17.8 Å². The average molecular weight is 387 g/mol. The lowest BCUT2D eigenvalue weighted by atomic mass is 9.83. The topological polar surface area (TPSA) is 87.0 Å². The Morgan fingerprint density at radius 1 is 1.22 bits per heavy atom. The van der Waals surface area contributed by atoms with E-state index < -0.39 is 21.0 Å². The first-order valence-electron chi connectivity index (χ1n) is 9.41. The third-order valence-electron chi connectivity index (χ3n) is 5.53. The molecule has 0 bridgehead atoms. The highest BCUT2D eigenvalue weighted by Gasteiger charge is 2.47. The van der Waals surface area contributed by atoms with Crippen LogP contribution >= 0.6 is 0 Å². The average Bonchev–Trinajstić information content (AvgIpc) is 3.39. The summed E-state index contributed by atoms with van der Waals surface area (Å²) in [5.74, 6) is -0.489. The van der Waals surface area contributed by atoms with Crippen molar-refractivity contribution in [2.45, 2.75) is 57.1 Å². The van der Waals surface area contributed by atoms with Crippen LogP contribution < -0.4 is 5.32 Å². The summed E-state index contributed by atoms with van der Waals surface area (Å²) in [6.07, 6.45) is 2.91. The first kappa shape index (κ1) is 19.6. The van der Waals surface area contributed by atoms with Crippen molar-refractivity contribution in [3.63, 3.8) is 0 Å². The van der Waals surface area contributed by atoms with Gasteiger partial charge in [0.15, 0.2) is 9.84 Å². The van der Waals surface area contributed by atoms with Gasteiger partial charge in [-0.1, -0.05) is 13.8 Å². The maximum absolute atomic E-state index is 13.7. The molecule has 1 saturated carbocycles. The standard InChI is InChI=1S/C21H26N2O3S/c1-12(2)19-20(18(10-15-5-6-15)14(4)23-21(19)24)27(25,26)17-8-13(3)7-16(9-17)11-22/h7-9,12,15,19-20H,5-6,10H2,1-4H3,(H,23,24). The van der Waals surface area contributed by atoms with E-state index in [4.69, 9.17) is 0 Å². The van der Waals surface area contributed by atoms with Crippen molar-refractivity contribution in [1.82, 2.24) is 5.32 Å². The molecule has 3 rings (SSSR count). The summed E-state index contributed by atoms with van der Waals surface area (Å²) in [5.41, 5.74) is 2.54. The number of nitriles is 1. The van der Waals surface area contributed by atoms with Gasteiger partial charge in [-0.3, -0.25) is 4.79 Å². The Bertz CT molecular complexity index is 950. The number of carbonyl (C=O) groups excluding carboxylic acids is 1. The molecule has 1 amide bonds. The number of nitrogens with one attached hydrogen (secondary N) is 1. The molecule has 2 unspecified atom stereocenters. The van der Waals surface area contributed by atoms with Gasteiger partial charge in [0.05, 0.1) is 22.4 Å². The number of allylic oxidation sites excluding steroid dienone is 1. The highest BCUT2D eigenvalue weighted by Crippen LogP contribution is 2.43. The fraction of sp³-hybridized carbons (Fsp3) is 0.524. The smallest absolute Gasteiger partial charge is 0.229 e. The summed E-state index contributed by atoms with van der Waals surface area (Å²) >= 11 is 0. The van der Waals surface area contributed by atoms with E-state index in [0.717, 1.165) is 24.0 Å². The molecule has 0 aromatic heterocycles. The Hall–Kier alpha value is -2.13. The van der Waals surface area contributed by atoms with Crippen molar-refractivity contribution >= 4 is 15.7 Å². The second kappa shape index (κ2) is 7.12. The Morgan fingerprint density at radius 2 is 1.89 bits per heavy atom. The fourth-order valence-corrected chi connectivity index (χ4v) is 6.38. The Balaban J connectivity index is 2.18. The normalized spacial score (nSPS) is 23.3. The third-order valence-corrected chi connectivity index (χ3v) is 7.67. The summed E-state index contributed by atoms with van der Waals surface area (Å²) in [6.45, 7) is 7.35. The Labute approximate surface area is 161 Å². The molecule has 1 fully saturated rings. The van der Waals surface area contributed by atoms with Gasteiger partial charge in [-0.15, -0.1) is 0 Å². The molecule has 0 spiro atoms. The molecule has 0 radical (unpaired) electrons. The van der Waals surface area contributed by atoms with Crippen molar-refractivity contribution in [3.8, 4) is 6.07 Å². The minimum absolute atomic E-state index is 0.118. The predicted octanol–water partition coefficient (Wildman–Crippen LogP) is 3.49. The van der Waals surface area contributed by atoms with Crippen LogP contribution in [-0.4, -0.2) is 19.6 Å². The minimum Gasteiger partial charge on any atom is -0.330 e. The van der Waals surface area contributed by atoms with Crippen LogP contribution in [0.3, 0.4) is 0 Å². The molecule has 6 heteroatoms. The number of rotatable bonds is 5. The van der Waals surface area contributed by atoms with Gasteiger partial charge in [-0.25, -0.2) is 8.42 Å². The van der Waals surface area contributed by atoms with Crippen LogP contribution in [0.1, 0.15) is 51.2 Å². The van der Waals surface area contributed by atoms with Crippen LogP contribution in [0, 0.1) is 36.0 Å². The van der Waals surface area contributed by atoms with Crippen LogP contribution in [-0.2, 0) is 14.6 Å². The van der Waals surface area contributed by atoms with Gasteiger partial charge < -0.3 is 5.32 Å². The van der Waals surface area contributed by atoms with E-state index >= 15 is 0 Å². The molecule has 1 heterocycles. The van der Waals surface area contributed by atoms with Gasteiger partial charge >= 0.3 is 0 Å². The van der Waals surface area contributed by atoms with Crippen molar-refractivity contribution < 1.29 is 13.2 Å². The zero-order valence-electron chi connectivity index (χ0n) is 16.2. The van der Waals surface area contributed by atoms with Crippen molar-refractivity contribution in [1.29, 1.82) is 5.26 Å². The lowest BCUT2D eigenvalue weighted by molar-refractivity contribution is -0.126. The van der Waals surface area contributed by atoms with Crippen LogP contribution in [0.15, 0.2) is 34.4 Å². The second-order valence-corrected chi connectivity index (χ2v) is 10.2. The number of amides is 1. The number of aryl methyl sites for hydroxylation is 1. The monoisotopic (exact) mass is 386 g/mol. The van der Waals surface area contributed by atoms with Crippen LogP contribution in [0.4, 0.5) is 0 Å². The van der Waals surface area contributed by atoms with Crippen LogP contribution in [0.5, 0.6) is 0 Å². The molecule has 1 aromatic rings. The molecule has 0 saturated heterocycles. The number of nitrogens with zero attached hydrogens (tertiary/aromatic N) is 1. The van der Waals surface area contributed by atoms with Crippen LogP contribution in [0.2, 0.25) is 0 Å². The largest absolute Gasteiger partial charge is 0.330 e. The zero-order chi connectivity index (χ0) is 19.9. The lowest BCUT2D eigenvalue weighted by Crippen LogP contribution is -2.49. The van der Waals surface area contributed by atoms with Gasteiger partial charge in [0, 0.05) is 5.70 Å². The molecular weight excluding hydrogens is 360 g/mol. The Morgan fingerprint density at radius 3 is 2.44 bits per heavy atom. The predicted molar refractivity (Wildman–Crippen MR) is 103 cm³/mol. The van der Waals surface area contributed by atoms with E-state index in [-0.39, 0.29) is 16.7 Å². The highest BCUT2D eigenvalue weighted by molar-refractivity contribution is 7.92. The lowest BCUT2D eigenvalue weighted by Gasteiger charge is -2.36. The summed E-state index contributed by atoms with van der Waals surface area (Å²) < 4.78 is 27.4. The number of hydrogen-bond donors (Lipinski definition) is 1. The van der Waals surface area contributed by atoms with Crippen molar-refractivity contribution in [2.75, 3.05) is 0 Å². The molecule has 2 aliphatic rings. The van der Waals surface area contributed by atoms with E-state index in [2.05, 4.69) is 5.32 Å². The molecule has 1 aliphatic carbocycles. The van der Waals surface area contributed by atoms with E-state index in [1.807, 2.05) is 19.9 Å². The molecule has 1 aliphatic heterocycles. The summed E-state index contributed by atoms with van der Waals surface area (Å²) in [7, 11) is -3.81. The number of benzene rings is 1. The van der Waals surface area contributed by atoms with Gasteiger partial charge in [-0.05, 0) is 74.3 Å². The van der Waals surface area contributed by atoms with Crippen molar-refractivity contribution in [3.05, 3.63) is 40.6 Å². The van der Waals surface area contributed by atoms with Gasteiger partial charge in [0.2, 0.25) is 5.91 Å². The highest BCUT2D eigenvalue weighted by atomic mass is 32.2. The Kier molecular flexibility index (Phi) is 5.18. The van der Waals surface area contributed by atoms with E-state index in [1.54, 1.807) is 26.0 Å². The van der Waals surface area contributed by atoms with E-state index in [9.17, 15) is 18.5 Å². The molecule has 1 aromatic carbocycles. The number of carbonyl (C=O) groups is 1. The number of hydrogen-bond acceptors (Lipinski definition) is 4. The maximum atomic E-state index is 13.7. The second-order valence-electron chi connectivity index (χ2n) is 8.17. The first-order valence-corrected chi connectivity index (χ1v) is 11.0. The molecule has 27 heavy (non-hydrogen) atoms. The quantitative estimate of drug-likeness (QED) is 0.839. The first-order chi connectivity index (χ1) is 12.6. The minimum atomic E-state index is -3.81. The molecular formula is C21H26N2O3S. The zero-order valence-corrected chi connectivity index (χ0v) is 17.1. The summed E-state index contributed by atoms with van der Waals surface area (Å²) in [5, 5.41) is 11.3. The van der Waals surface area contributed by atoms with E-state index in [0.29, 0.717) is 23.6 Å². The third kappa shape index (κ3) is 3.79. The molecule has 144 valence electrons. The molecule has 5 nitrogen and oxygen atoms in total. The summed E-state index contributed by atoms with van der Waals surface area (Å²) in [4.78, 5) is 12.8. The van der Waals surface area contributed by atoms with E-state index in [1.165, 1.54) is 6.07 Å². The SMILES string of the molecule is CC1=C(CC2CC2)C(S(=O)(=O)c2cc(C)cc(C#N)c2)C(C(C)C)C(=O)N1. The summed E-state index contributed by atoms with van der Waals surface area (Å²) in [6, 6.07) is 6.73. The van der Waals surface area contributed by atoms with Gasteiger partial charge in [0.25, 0.3) is 0 Å². The van der Waals surface area contributed by atoms with Gasteiger partial charge in [-0.2, -0.15) is 5.26 Å².